The number of aliphatic carboxylic acids is 1. The van der Waals surface area contributed by atoms with Crippen molar-refractivity contribution in [2.45, 2.75) is 12.5 Å². The molecule has 0 amide bonds. The van der Waals surface area contributed by atoms with Crippen molar-refractivity contribution < 1.29 is 9.90 Å². The maximum absolute atomic E-state index is 10.4. The van der Waals surface area contributed by atoms with Crippen LogP contribution >= 0.6 is 11.8 Å². The topological polar surface area (TPSA) is 49.3 Å². The third-order valence-corrected chi connectivity index (χ3v) is 2.36. The molecule has 0 aromatic heterocycles. The van der Waals surface area contributed by atoms with Crippen LogP contribution in [0.5, 0.6) is 0 Å². The van der Waals surface area contributed by atoms with Crippen molar-refractivity contribution in [3.63, 3.8) is 0 Å². The molecule has 0 bridgehead atoms. The van der Waals surface area contributed by atoms with Crippen LogP contribution in [0.4, 0.5) is 0 Å². The summed E-state index contributed by atoms with van der Waals surface area (Å²) in [5.74, 6) is 0.0940. The minimum atomic E-state index is -0.783. The molecule has 1 atom stereocenters. The van der Waals surface area contributed by atoms with Gasteiger partial charge in [0.05, 0.1) is 0 Å². The molecular weight excluding hydrogens is 217 g/mol. The first-order chi connectivity index (χ1) is 4.72. The molecule has 0 radical (unpaired) electrons. The summed E-state index contributed by atoms with van der Waals surface area (Å²) < 4.78 is 2.66. The van der Waals surface area contributed by atoms with Gasteiger partial charge in [-0.05, 0) is 0 Å². The van der Waals surface area contributed by atoms with E-state index in [1.54, 1.807) is 11.8 Å². The monoisotopic (exact) mass is 229 g/mol. The Kier molecular flexibility index (Phi) is 6.22. The van der Waals surface area contributed by atoms with Crippen molar-refractivity contribution in [3.8, 4) is 0 Å². The Morgan fingerprint density at radius 3 is 2.80 bits per heavy atom. The van der Waals surface area contributed by atoms with Gasteiger partial charge in [0.2, 0.25) is 0 Å². The predicted molar refractivity (Wildman–Crippen MR) is 44.7 cm³/mol. The second-order valence-corrected chi connectivity index (χ2v) is 3.33. The Morgan fingerprint density at radius 1 is 1.90 bits per heavy atom. The molecule has 0 unspecified atom stereocenters. The molecule has 0 spiro atoms. The van der Waals surface area contributed by atoms with Crippen LogP contribution in [0.1, 0.15) is 6.42 Å². The standard InChI is InChI=1S/C5H11NO2SSe/c1-9-3-2-4(6-10)5(7)8/h4,6,10H,2-3H2,1H3,(H,7,8)/t4-/m0/s1. The molecule has 0 rings (SSSR count). The first kappa shape index (κ1) is 10.3. The van der Waals surface area contributed by atoms with Gasteiger partial charge >= 0.3 is 72.7 Å². The number of hydrogen-bond acceptors (Lipinski definition) is 3. The van der Waals surface area contributed by atoms with Crippen molar-refractivity contribution in [2.75, 3.05) is 12.0 Å². The van der Waals surface area contributed by atoms with E-state index in [1.807, 2.05) is 6.26 Å². The van der Waals surface area contributed by atoms with Gasteiger partial charge in [-0.25, -0.2) is 0 Å². The number of hydrogen-bond donors (Lipinski definition) is 2. The number of nitrogens with one attached hydrogen (secondary N) is 1. The molecule has 0 aromatic rings. The molecule has 0 aliphatic carbocycles. The molecule has 0 heterocycles. The summed E-state index contributed by atoms with van der Waals surface area (Å²) in [5.41, 5.74) is 0. The summed E-state index contributed by atoms with van der Waals surface area (Å²) in [7, 11) is 0. The normalized spacial score (nSPS) is 13.0. The van der Waals surface area contributed by atoms with Gasteiger partial charge in [-0.15, -0.1) is 0 Å². The SMILES string of the molecule is CSCC[C@H](N[SeH])C(=O)O. The fraction of sp³-hybridized carbons (Fsp3) is 0.800. The molecule has 0 aliphatic heterocycles. The molecule has 60 valence electrons. The summed E-state index contributed by atoms with van der Waals surface area (Å²) >= 11 is 3.73. The van der Waals surface area contributed by atoms with E-state index in [1.165, 1.54) is 0 Å². The zero-order valence-electron chi connectivity index (χ0n) is 5.70. The van der Waals surface area contributed by atoms with Gasteiger partial charge in [-0.1, -0.05) is 0 Å². The fourth-order valence-corrected chi connectivity index (χ4v) is 1.45. The molecular formula is C5H11NO2SSe. The average Bonchev–Trinajstić information content (AvgIpc) is 1.89. The van der Waals surface area contributed by atoms with E-state index in [4.69, 9.17) is 5.11 Å². The van der Waals surface area contributed by atoms with E-state index in [2.05, 4.69) is 20.6 Å². The second kappa shape index (κ2) is 6.04. The molecule has 3 nitrogen and oxygen atoms in total. The summed E-state index contributed by atoms with van der Waals surface area (Å²) in [6.45, 7) is 0. The molecule has 5 heteroatoms. The molecule has 0 aliphatic rings. The first-order valence-electron chi connectivity index (χ1n) is 2.83. The molecule has 0 saturated heterocycles. The molecule has 10 heavy (non-hydrogen) atoms. The number of carbonyl (C=O) groups is 1. The van der Waals surface area contributed by atoms with Gasteiger partial charge in [0.1, 0.15) is 0 Å². The Hall–Kier alpha value is 0.299. The van der Waals surface area contributed by atoms with Crippen LogP contribution in [0.25, 0.3) is 0 Å². The van der Waals surface area contributed by atoms with Crippen LogP contribution in [-0.4, -0.2) is 45.4 Å². The summed E-state index contributed by atoms with van der Waals surface area (Å²) in [6.07, 6.45) is 2.63. The third kappa shape index (κ3) is 4.17. The molecule has 0 fully saturated rings. The van der Waals surface area contributed by atoms with E-state index in [0.717, 1.165) is 5.75 Å². The Bertz CT molecular complexity index is 112. The number of carboxylic acids is 1. The quantitative estimate of drug-likeness (QED) is 0.628. The fourth-order valence-electron chi connectivity index (χ4n) is 0.479. The van der Waals surface area contributed by atoms with Crippen molar-refractivity contribution in [2.24, 2.45) is 0 Å². The maximum atomic E-state index is 10.4. The van der Waals surface area contributed by atoms with Crippen molar-refractivity contribution >= 4 is 34.0 Å². The molecule has 0 aromatic carbocycles. The first-order valence-corrected chi connectivity index (χ1v) is 5.17. The van der Waals surface area contributed by atoms with Gasteiger partial charge in [-0.2, -0.15) is 0 Å². The van der Waals surface area contributed by atoms with Crippen LogP contribution in [0.2, 0.25) is 0 Å². The molecule has 0 saturated carbocycles. The average molecular weight is 228 g/mol. The van der Waals surface area contributed by atoms with Gasteiger partial charge in [0.15, 0.2) is 0 Å². The van der Waals surface area contributed by atoms with E-state index in [-0.39, 0.29) is 0 Å². The molecule has 2 N–H and O–H groups in total. The summed E-state index contributed by atoms with van der Waals surface area (Å²) in [6, 6.07) is -0.410. The zero-order valence-corrected chi connectivity index (χ0v) is 8.40. The Labute approximate surface area is 73.0 Å². The van der Waals surface area contributed by atoms with Gasteiger partial charge < -0.3 is 0 Å². The third-order valence-electron chi connectivity index (χ3n) is 1.06. The van der Waals surface area contributed by atoms with Gasteiger partial charge in [-0.3, -0.25) is 0 Å². The Balaban J connectivity index is 3.50. The van der Waals surface area contributed by atoms with E-state index in [9.17, 15) is 4.79 Å². The number of thioether (sulfide) groups is 1. The van der Waals surface area contributed by atoms with Crippen LogP contribution in [0.3, 0.4) is 0 Å². The van der Waals surface area contributed by atoms with Crippen LogP contribution in [0, 0.1) is 0 Å². The van der Waals surface area contributed by atoms with E-state index < -0.39 is 12.0 Å². The van der Waals surface area contributed by atoms with Crippen LogP contribution in [0.15, 0.2) is 0 Å². The number of carboxylic acid groups (broad SMARTS) is 1. The van der Waals surface area contributed by atoms with Crippen molar-refractivity contribution in [1.29, 1.82) is 0 Å². The zero-order chi connectivity index (χ0) is 7.98. The second-order valence-electron chi connectivity index (χ2n) is 1.80. The number of rotatable bonds is 5. The predicted octanol–water partition coefficient (Wildman–Crippen LogP) is -0.402. The van der Waals surface area contributed by atoms with Crippen molar-refractivity contribution in [1.82, 2.24) is 4.33 Å². The van der Waals surface area contributed by atoms with Crippen molar-refractivity contribution in [3.05, 3.63) is 0 Å². The minimum absolute atomic E-state index is 0.410. The van der Waals surface area contributed by atoms with E-state index in [0.29, 0.717) is 6.42 Å². The van der Waals surface area contributed by atoms with Gasteiger partial charge in [0, 0.05) is 0 Å². The summed E-state index contributed by atoms with van der Waals surface area (Å²) in [4.78, 5) is 10.4. The Morgan fingerprint density at radius 2 is 2.50 bits per heavy atom. The van der Waals surface area contributed by atoms with Crippen LogP contribution < -0.4 is 4.33 Å². The summed E-state index contributed by atoms with van der Waals surface area (Å²) in [5, 5.41) is 8.52. The van der Waals surface area contributed by atoms with Gasteiger partial charge in [0.25, 0.3) is 0 Å². The van der Waals surface area contributed by atoms with Crippen LogP contribution in [-0.2, 0) is 4.79 Å². The van der Waals surface area contributed by atoms with E-state index >= 15 is 0 Å².